The summed E-state index contributed by atoms with van der Waals surface area (Å²) < 4.78 is 35.5. The van der Waals surface area contributed by atoms with E-state index in [0.29, 0.717) is 0 Å². The quantitative estimate of drug-likeness (QED) is 0.629. The third kappa shape index (κ3) is 2.41. The van der Waals surface area contributed by atoms with Crippen LogP contribution in [0.5, 0.6) is 0 Å². The Hall–Kier alpha value is -3.00. The lowest BCUT2D eigenvalue weighted by atomic mass is 10.0. The number of hydrogen-bond acceptors (Lipinski definition) is 7. The number of hydrogen-bond donors (Lipinski definition) is 0. The zero-order chi connectivity index (χ0) is 18.5. The van der Waals surface area contributed by atoms with Gasteiger partial charge in [-0.3, -0.25) is 4.79 Å². The fraction of sp³-hybridized carbons (Fsp3) is 0.167. The van der Waals surface area contributed by atoms with Crippen LogP contribution in [-0.4, -0.2) is 38.9 Å². The maximum absolute atomic E-state index is 12.8. The Morgan fingerprint density at radius 3 is 2.50 bits per heavy atom. The molecular weight excluding hydrogens is 360 g/mol. The van der Waals surface area contributed by atoms with Gasteiger partial charge in [0.15, 0.2) is 5.78 Å². The van der Waals surface area contributed by atoms with E-state index in [1.165, 1.54) is 30.3 Å². The molecule has 1 unspecified atom stereocenters. The summed E-state index contributed by atoms with van der Waals surface area (Å²) in [7, 11) is -3.95. The number of sulfone groups is 1. The van der Waals surface area contributed by atoms with Crippen molar-refractivity contribution in [3.63, 3.8) is 0 Å². The molecular formula is C18H12O7S. The minimum atomic E-state index is -3.95. The lowest BCUT2D eigenvalue weighted by Crippen LogP contribution is -2.24. The maximum Gasteiger partial charge on any atom is 0.347 e. The van der Waals surface area contributed by atoms with Crippen LogP contribution in [-0.2, 0) is 24.1 Å². The molecule has 2 aromatic carbocycles. The van der Waals surface area contributed by atoms with Gasteiger partial charge in [0.25, 0.3) is 0 Å². The molecule has 132 valence electrons. The number of fused-ring (bicyclic) bond motifs is 2. The van der Waals surface area contributed by atoms with E-state index in [0.717, 1.165) is 6.07 Å². The van der Waals surface area contributed by atoms with E-state index >= 15 is 0 Å². The van der Waals surface area contributed by atoms with Crippen LogP contribution in [0.3, 0.4) is 0 Å². The summed E-state index contributed by atoms with van der Waals surface area (Å²) in [5.41, 5.74) is 0.0451. The molecule has 0 aromatic heterocycles. The molecule has 0 spiro atoms. The number of cyclic esters (lactones) is 1. The smallest absolute Gasteiger partial charge is 0.347 e. The SMILES string of the molecule is O=C(OC1CCOC1=O)c1ccc2c(c1)S(=O)(=O)c1ccccc1C2=O. The summed E-state index contributed by atoms with van der Waals surface area (Å²) in [6.07, 6.45) is -0.753. The minimum absolute atomic E-state index is 0.000487. The van der Waals surface area contributed by atoms with Crippen LogP contribution in [0.25, 0.3) is 0 Å². The second-order valence-corrected chi connectivity index (χ2v) is 7.78. The van der Waals surface area contributed by atoms with Gasteiger partial charge in [-0.05, 0) is 30.3 Å². The Balaban J connectivity index is 1.75. The van der Waals surface area contributed by atoms with Gasteiger partial charge in [0.05, 0.1) is 22.0 Å². The molecule has 4 rings (SSSR count). The first-order chi connectivity index (χ1) is 12.4. The Morgan fingerprint density at radius 1 is 1.04 bits per heavy atom. The first-order valence-corrected chi connectivity index (χ1v) is 9.28. The molecule has 1 atom stereocenters. The summed E-state index contributed by atoms with van der Waals surface area (Å²) in [6, 6.07) is 9.62. The van der Waals surface area contributed by atoms with E-state index in [9.17, 15) is 22.8 Å². The highest BCUT2D eigenvalue weighted by Gasteiger charge is 2.36. The highest BCUT2D eigenvalue weighted by molar-refractivity contribution is 7.91. The molecule has 0 bridgehead atoms. The Labute approximate surface area is 148 Å². The second kappa shape index (κ2) is 5.77. The Kier molecular flexibility index (Phi) is 3.66. The van der Waals surface area contributed by atoms with Crippen molar-refractivity contribution in [1.82, 2.24) is 0 Å². The number of rotatable bonds is 2. The number of carbonyl (C=O) groups is 3. The third-order valence-electron chi connectivity index (χ3n) is 4.31. The predicted octanol–water partition coefficient (Wildman–Crippen LogP) is 1.54. The van der Waals surface area contributed by atoms with Gasteiger partial charge in [-0.15, -0.1) is 0 Å². The Morgan fingerprint density at radius 2 is 1.77 bits per heavy atom. The zero-order valence-corrected chi connectivity index (χ0v) is 14.1. The molecule has 2 aliphatic rings. The number of carbonyl (C=O) groups excluding carboxylic acids is 3. The predicted molar refractivity (Wildman–Crippen MR) is 86.5 cm³/mol. The van der Waals surface area contributed by atoms with E-state index in [4.69, 9.17) is 9.47 Å². The van der Waals surface area contributed by atoms with Gasteiger partial charge in [0.1, 0.15) is 0 Å². The molecule has 0 radical (unpaired) electrons. The molecule has 2 aromatic rings. The molecule has 1 fully saturated rings. The molecule has 0 N–H and O–H groups in total. The van der Waals surface area contributed by atoms with E-state index in [1.54, 1.807) is 6.07 Å². The molecule has 26 heavy (non-hydrogen) atoms. The summed E-state index contributed by atoms with van der Waals surface area (Å²) in [4.78, 5) is 35.9. The fourth-order valence-electron chi connectivity index (χ4n) is 2.99. The van der Waals surface area contributed by atoms with Crippen molar-refractivity contribution in [1.29, 1.82) is 0 Å². The van der Waals surface area contributed by atoms with Crippen LogP contribution in [0.15, 0.2) is 52.3 Å². The van der Waals surface area contributed by atoms with Crippen molar-refractivity contribution < 1.29 is 32.3 Å². The summed E-state index contributed by atoms with van der Waals surface area (Å²) in [5.74, 6) is -1.91. The van der Waals surface area contributed by atoms with Crippen molar-refractivity contribution in [3.8, 4) is 0 Å². The number of ether oxygens (including phenoxy) is 2. The van der Waals surface area contributed by atoms with Gasteiger partial charge >= 0.3 is 11.9 Å². The molecule has 7 nitrogen and oxygen atoms in total. The lowest BCUT2D eigenvalue weighted by molar-refractivity contribution is -0.145. The van der Waals surface area contributed by atoms with Crippen LogP contribution < -0.4 is 0 Å². The molecule has 0 aliphatic carbocycles. The molecule has 0 amide bonds. The Bertz CT molecular complexity index is 1070. The summed E-state index contributed by atoms with van der Waals surface area (Å²) in [5, 5.41) is 0. The number of ketones is 1. The average Bonchev–Trinajstić information content (AvgIpc) is 3.04. The van der Waals surface area contributed by atoms with Gasteiger partial charge < -0.3 is 9.47 Å². The molecule has 2 heterocycles. The first-order valence-electron chi connectivity index (χ1n) is 7.80. The van der Waals surface area contributed by atoms with Gasteiger partial charge in [0.2, 0.25) is 15.9 Å². The van der Waals surface area contributed by atoms with Gasteiger partial charge in [-0.2, -0.15) is 0 Å². The third-order valence-corrected chi connectivity index (χ3v) is 6.16. The minimum Gasteiger partial charge on any atom is -0.463 e. The van der Waals surface area contributed by atoms with E-state index < -0.39 is 33.7 Å². The van der Waals surface area contributed by atoms with Crippen molar-refractivity contribution >= 4 is 27.6 Å². The molecule has 1 saturated heterocycles. The highest BCUT2D eigenvalue weighted by atomic mass is 32.2. The van der Waals surface area contributed by atoms with Crippen molar-refractivity contribution in [3.05, 3.63) is 59.2 Å². The topological polar surface area (TPSA) is 104 Å². The molecule has 2 aliphatic heterocycles. The van der Waals surface area contributed by atoms with E-state index in [2.05, 4.69) is 0 Å². The van der Waals surface area contributed by atoms with Gasteiger partial charge in [-0.1, -0.05) is 12.1 Å². The summed E-state index contributed by atoms with van der Waals surface area (Å²) in [6.45, 7) is 0.167. The standard InChI is InChI=1S/C18H12O7S/c19-16-11-3-1-2-4-14(11)26(22,23)15-9-10(5-6-12(15)16)17(20)25-13-7-8-24-18(13)21/h1-6,9,13H,7-8H2. The largest absolute Gasteiger partial charge is 0.463 e. The second-order valence-electron chi connectivity index (χ2n) is 5.89. The number of benzene rings is 2. The van der Waals surface area contributed by atoms with Crippen LogP contribution >= 0.6 is 0 Å². The average molecular weight is 372 g/mol. The maximum atomic E-state index is 12.8. The molecule has 8 heteroatoms. The normalized spacial score (nSPS) is 20.1. The van der Waals surface area contributed by atoms with Crippen molar-refractivity contribution in [2.24, 2.45) is 0 Å². The molecule has 0 saturated carbocycles. The van der Waals surface area contributed by atoms with Crippen molar-refractivity contribution in [2.75, 3.05) is 6.61 Å². The van der Waals surface area contributed by atoms with Crippen LogP contribution in [0, 0.1) is 0 Å². The van der Waals surface area contributed by atoms with E-state index in [-0.39, 0.29) is 39.5 Å². The van der Waals surface area contributed by atoms with Gasteiger partial charge in [0, 0.05) is 17.5 Å². The number of esters is 2. The van der Waals surface area contributed by atoms with Crippen LogP contribution in [0.4, 0.5) is 0 Å². The summed E-state index contributed by atoms with van der Waals surface area (Å²) >= 11 is 0. The van der Waals surface area contributed by atoms with Crippen LogP contribution in [0.2, 0.25) is 0 Å². The van der Waals surface area contributed by atoms with Gasteiger partial charge in [-0.25, -0.2) is 18.0 Å². The fourth-order valence-corrected chi connectivity index (χ4v) is 4.67. The van der Waals surface area contributed by atoms with Crippen LogP contribution in [0.1, 0.15) is 32.7 Å². The zero-order valence-electron chi connectivity index (χ0n) is 13.3. The monoisotopic (exact) mass is 372 g/mol. The first kappa shape index (κ1) is 16.5. The van der Waals surface area contributed by atoms with E-state index in [1.807, 2.05) is 0 Å². The lowest BCUT2D eigenvalue weighted by Gasteiger charge is -2.19. The highest BCUT2D eigenvalue weighted by Crippen LogP contribution is 2.34. The van der Waals surface area contributed by atoms with Crippen molar-refractivity contribution in [2.45, 2.75) is 22.3 Å².